The topological polar surface area (TPSA) is 103 Å². The van der Waals surface area contributed by atoms with Crippen LogP contribution in [0.15, 0.2) is 21.9 Å². The van der Waals surface area contributed by atoms with E-state index < -0.39 is 11.6 Å². The maximum atomic E-state index is 15.1. The van der Waals surface area contributed by atoms with Crippen LogP contribution in [0, 0.1) is 18.2 Å². The number of nitrogens with zero attached hydrogens (tertiary/aromatic N) is 3. The van der Waals surface area contributed by atoms with E-state index >= 15 is 4.39 Å². The average molecular weight is 576 g/mol. The van der Waals surface area contributed by atoms with E-state index in [-0.39, 0.29) is 53.0 Å². The van der Waals surface area contributed by atoms with Gasteiger partial charge in [0.15, 0.2) is 5.60 Å². The number of hydrogen-bond donors (Lipinski definition) is 1. The van der Waals surface area contributed by atoms with E-state index in [2.05, 4.69) is 13.8 Å². The number of fused-ring (bicyclic) bond motifs is 5. The van der Waals surface area contributed by atoms with Crippen molar-refractivity contribution in [1.82, 2.24) is 9.55 Å². The molecule has 0 saturated carbocycles. The van der Waals surface area contributed by atoms with E-state index in [4.69, 9.17) is 19.5 Å². The lowest BCUT2D eigenvalue weighted by Crippen LogP contribution is -2.44. The van der Waals surface area contributed by atoms with E-state index in [1.54, 1.807) is 17.6 Å². The fraction of sp³-hybridized carbons (Fsp3) is 0.515. The van der Waals surface area contributed by atoms with Crippen molar-refractivity contribution < 1.29 is 23.8 Å². The lowest BCUT2D eigenvalue weighted by molar-refractivity contribution is -0.172. The number of cyclic esters (lactones) is 1. The van der Waals surface area contributed by atoms with Crippen molar-refractivity contribution in [3.8, 4) is 11.4 Å². The molecule has 2 atom stereocenters. The van der Waals surface area contributed by atoms with Crippen LogP contribution < -0.4 is 5.56 Å². The van der Waals surface area contributed by atoms with Crippen LogP contribution in [-0.4, -0.2) is 46.1 Å². The number of rotatable bonds is 7. The molecule has 2 aliphatic heterocycles. The summed E-state index contributed by atoms with van der Waals surface area (Å²) < 4.78 is 27.8. The second-order valence-corrected chi connectivity index (χ2v) is 13.0. The summed E-state index contributed by atoms with van der Waals surface area (Å²) in [5.41, 5.74) is 3.32. The monoisotopic (exact) mass is 575 g/mol. The number of pyridine rings is 2. The van der Waals surface area contributed by atoms with Crippen LogP contribution in [0.3, 0.4) is 0 Å². The first kappa shape index (κ1) is 28.7. The predicted octanol–water partition coefficient (Wildman–Crippen LogP) is 5.08. The Balaban J connectivity index is 1.51. The molecular formula is C33H38FN3O5. The first-order chi connectivity index (χ1) is 19.9. The third-order valence-electron chi connectivity index (χ3n) is 9.03. The SMILES string of the molecule is CC[C@@]1(O)C(=O)OCc2c1cc1n(c2=O)Cc2c-1nc1cc(F)c(C)c3c1c2C(C=NCC(C)(C)COC(C)C)CC3. The lowest BCUT2D eigenvalue weighted by Gasteiger charge is -2.31. The summed E-state index contributed by atoms with van der Waals surface area (Å²) >= 11 is 0. The molecule has 0 saturated heterocycles. The van der Waals surface area contributed by atoms with Gasteiger partial charge in [-0.2, -0.15) is 0 Å². The summed E-state index contributed by atoms with van der Waals surface area (Å²) in [6.45, 7) is 13.1. The summed E-state index contributed by atoms with van der Waals surface area (Å²) in [7, 11) is 0. The molecule has 0 spiro atoms. The average Bonchev–Trinajstić information content (AvgIpc) is 3.32. The standard InChI is InChI=1S/C33H38FN3O5/c1-7-33(40)23-10-26-29-21(13-37(26)30(38)22(23)14-41-31(33)39)27-19(12-35-15-32(5,6)16-42-17(2)3)8-9-20-18(4)24(34)11-25(36-29)28(20)27/h10-12,17,19,40H,7-9,13-16H2,1-6H3/t19?,33-/m0/s1. The largest absolute Gasteiger partial charge is 0.458 e. The highest BCUT2D eigenvalue weighted by Gasteiger charge is 2.46. The van der Waals surface area contributed by atoms with E-state index in [0.717, 1.165) is 28.5 Å². The van der Waals surface area contributed by atoms with Crippen LogP contribution in [-0.2, 0) is 39.4 Å². The quantitative estimate of drug-likeness (QED) is 0.244. The normalized spacial score (nSPS) is 21.2. The summed E-state index contributed by atoms with van der Waals surface area (Å²) in [5, 5.41) is 12.2. The zero-order valence-corrected chi connectivity index (χ0v) is 25.1. The van der Waals surface area contributed by atoms with Crippen molar-refractivity contribution in [2.45, 2.75) is 91.6 Å². The molecule has 0 bridgehead atoms. The number of esters is 1. The maximum absolute atomic E-state index is 15.1. The first-order valence-corrected chi connectivity index (χ1v) is 14.8. The Morgan fingerprint density at radius 2 is 2.05 bits per heavy atom. The molecule has 3 aliphatic rings. The minimum absolute atomic E-state index is 0.0412. The van der Waals surface area contributed by atoms with Gasteiger partial charge in [-0.1, -0.05) is 20.8 Å². The Hall–Kier alpha value is -3.43. The molecule has 3 aromatic rings. The zero-order chi connectivity index (χ0) is 30.1. The third-order valence-corrected chi connectivity index (χ3v) is 9.03. The van der Waals surface area contributed by atoms with Crippen molar-refractivity contribution in [3.63, 3.8) is 0 Å². The van der Waals surface area contributed by atoms with Gasteiger partial charge in [0.2, 0.25) is 0 Å². The van der Waals surface area contributed by atoms with Crippen LogP contribution in [0.25, 0.3) is 22.3 Å². The van der Waals surface area contributed by atoms with Crippen LogP contribution in [0.4, 0.5) is 4.39 Å². The second-order valence-electron chi connectivity index (χ2n) is 13.0. The van der Waals surface area contributed by atoms with Gasteiger partial charge in [-0.3, -0.25) is 9.79 Å². The Bertz CT molecular complexity index is 1720. The van der Waals surface area contributed by atoms with Crippen molar-refractivity contribution in [1.29, 1.82) is 0 Å². The smallest absolute Gasteiger partial charge is 0.343 e. The number of carbonyl (C=O) groups is 1. The lowest BCUT2D eigenvalue weighted by atomic mass is 9.78. The molecular weight excluding hydrogens is 537 g/mol. The molecule has 1 aliphatic carbocycles. The van der Waals surface area contributed by atoms with Crippen molar-refractivity contribution in [2.24, 2.45) is 10.4 Å². The molecule has 0 fully saturated rings. The highest BCUT2D eigenvalue weighted by molar-refractivity contribution is 5.96. The Morgan fingerprint density at radius 1 is 1.29 bits per heavy atom. The predicted molar refractivity (Wildman–Crippen MR) is 159 cm³/mol. The number of aliphatic hydroxyl groups is 1. The highest BCUT2D eigenvalue weighted by Crippen LogP contribution is 2.46. The van der Waals surface area contributed by atoms with Gasteiger partial charge in [0.25, 0.3) is 5.56 Å². The molecule has 1 aromatic carbocycles. The highest BCUT2D eigenvalue weighted by atomic mass is 19.1. The first-order valence-electron chi connectivity index (χ1n) is 14.8. The summed E-state index contributed by atoms with van der Waals surface area (Å²) in [6.07, 6.45) is 3.68. The molecule has 0 radical (unpaired) electrons. The molecule has 222 valence electrons. The van der Waals surface area contributed by atoms with Gasteiger partial charge in [0, 0.05) is 46.7 Å². The van der Waals surface area contributed by atoms with Gasteiger partial charge in [0.05, 0.1) is 41.7 Å². The molecule has 1 N–H and O–H groups in total. The van der Waals surface area contributed by atoms with Crippen LogP contribution in [0.2, 0.25) is 0 Å². The molecule has 8 nitrogen and oxygen atoms in total. The summed E-state index contributed by atoms with van der Waals surface area (Å²) in [6, 6.07) is 3.18. The zero-order valence-electron chi connectivity index (χ0n) is 25.1. The fourth-order valence-corrected chi connectivity index (χ4v) is 6.60. The van der Waals surface area contributed by atoms with E-state index in [1.807, 2.05) is 27.0 Å². The molecule has 0 amide bonds. The fourth-order valence-electron chi connectivity index (χ4n) is 6.60. The van der Waals surface area contributed by atoms with Crippen LogP contribution >= 0.6 is 0 Å². The molecule has 42 heavy (non-hydrogen) atoms. The number of halogens is 1. The minimum Gasteiger partial charge on any atom is -0.458 e. The van der Waals surface area contributed by atoms with Crippen molar-refractivity contribution >= 4 is 23.1 Å². The van der Waals surface area contributed by atoms with E-state index in [9.17, 15) is 14.7 Å². The summed E-state index contributed by atoms with van der Waals surface area (Å²) in [5.74, 6) is -1.11. The van der Waals surface area contributed by atoms with Crippen molar-refractivity contribution in [3.05, 3.63) is 61.7 Å². The third kappa shape index (κ3) is 4.40. The molecule has 4 heterocycles. The summed E-state index contributed by atoms with van der Waals surface area (Å²) in [4.78, 5) is 36.2. The van der Waals surface area contributed by atoms with Gasteiger partial charge in [-0.25, -0.2) is 14.2 Å². The van der Waals surface area contributed by atoms with E-state index in [0.29, 0.717) is 48.6 Å². The number of benzene rings is 1. The van der Waals surface area contributed by atoms with Gasteiger partial charge < -0.3 is 19.1 Å². The van der Waals surface area contributed by atoms with Gasteiger partial charge in [-0.05, 0) is 62.8 Å². The number of ether oxygens (including phenoxy) is 2. The molecule has 9 heteroatoms. The van der Waals surface area contributed by atoms with Gasteiger partial charge in [0.1, 0.15) is 12.4 Å². The number of carbonyl (C=O) groups excluding carboxylic acids is 1. The number of aromatic nitrogens is 2. The molecule has 1 unspecified atom stereocenters. The maximum Gasteiger partial charge on any atom is 0.343 e. The number of aliphatic imine (C=N–C) groups is 1. The van der Waals surface area contributed by atoms with E-state index in [1.165, 1.54) is 6.07 Å². The minimum atomic E-state index is -1.91. The van der Waals surface area contributed by atoms with Crippen molar-refractivity contribution in [2.75, 3.05) is 13.2 Å². The molecule has 6 rings (SSSR count). The molecule has 2 aromatic heterocycles. The van der Waals surface area contributed by atoms with Crippen LogP contribution in [0.1, 0.15) is 86.8 Å². The Labute approximate surface area is 244 Å². The number of hydrogen-bond acceptors (Lipinski definition) is 7. The second kappa shape index (κ2) is 10.1. The van der Waals surface area contributed by atoms with Gasteiger partial charge in [-0.15, -0.1) is 0 Å². The van der Waals surface area contributed by atoms with Crippen LogP contribution in [0.5, 0.6) is 0 Å². The number of aryl methyl sites for hydroxylation is 1. The Morgan fingerprint density at radius 3 is 2.76 bits per heavy atom. The Kier molecular flexibility index (Phi) is 6.89. The van der Waals surface area contributed by atoms with Gasteiger partial charge >= 0.3 is 5.97 Å².